The second kappa shape index (κ2) is 6.67. The van der Waals surface area contributed by atoms with Crippen molar-refractivity contribution in [1.82, 2.24) is 20.7 Å². The number of sulfone groups is 1. The summed E-state index contributed by atoms with van der Waals surface area (Å²) >= 11 is 0. The van der Waals surface area contributed by atoms with Crippen molar-refractivity contribution in [2.45, 2.75) is 50.3 Å². The van der Waals surface area contributed by atoms with Gasteiger partial charge < -0.3 is 5.32 Å². The van der Waals surface area contributed by atoms with Crippen LogP contribution in [-0.4, -0.2) is 41.9 Å². The summed E-state index contributed by atoms with van der Waals surface area (Å²) in [4.78, 5) is 0. The van der Waals surface area contributed by atoms with E-state index in [1.54, 1.807) is 6.20 Å². The Balaban J connectivity index is 2.12. The molecular formula is C13H24N4O2S. The van der Waals surface area contributed by atoms with E-state index in [1.807, 2.05) is 0 Å². The van der Waals surface area contributed by atoms with Gasteiger partial charge in [0.15, 0.2) is 0 Å². The average molecular weight is 300 g/mol. The molecule has 0 amide bonds. The molecule has 114 valence electrons. The highest BCUT2D eigenvalue weighted by Crippen LogP contribution is 2.36. The first-order chi connectivity index (χ1) is 9.52. The Morgan fingerprint density at radius 1 is 1.50 bits per heavy atom. The van der Waals surface area contributed by atoms with Crippen LogP contribution in [0.25, 0.3) is 0 Å². The molecule has 0 radical (unpaired) electrons. The van der Waals surface area contributed by atoms with Crippen LogP contribution < -0.4 is 5.32 Å². The molecule has 2 N–H and O–H groups in total. The summed E-state index contributed by atoms with van der Waals surface area (Å²) in [5, 5.41) is 14.0. The van der Waals surface area contributed by atoms with Gasteiger partial charge in [0, 0.05) is 6.26 Å². The molecule has 2 rings (SSSR count). The molecule has 6 nitrogen and oxygen atoms in total. The van der Waals surface area contributed by atoms with E-state index in [0.29, 0.717) is 12.3 Å². The van der Waals surface area contributed by atoms with Crippen LogP contribution in [0.5, 0.6) is 0 Å². The predicted octanol–water partition coefficient (Wildman–Crippen LogP) is 1.45. The minimum absolute atomic E-state index is 0.0956. The molecule has 0 aliphatic heterocycles. The molecule has 1 fully saturated rings. The normalized spacial score (nSPS) is 25.5. The Hall–Kier alpha value is -0.950. The van der Waals surface area contributed by atoms with Crippen LogP contribution in [0.15, 0.2) is 6.20 Å². The molecule has 1 aliphatic rings. The maximum absolute atomic E-state index is 11.8. The monoisotopic (exact) mass is 300 g/mol. The second-order valence-electron chi connectivity index (χ2n) is 5.70. The summed E-state index contributed by atoms with van der Waals surface area (Å²) in [6, 6.07) is 0.0956. The zero-order valence-corrected chi connectivity index (χ0v) is 13.0. The number of H-pyrrole nitrogens is 1. The van der Waals surface area contributed by atoms with Gasteiger partial charge in [0.05, 0.1) is 23.2 Å². The quantitative estimate of drug-likeness (QED) is 0.830. The third kappa shape index (κ3) is 3.79. The molecule has 7 heteroatoms. The van der Waals surface area contributed by atoms with E-state index < -0.39 is 9.84 Å². The Labute approximate surface area is 120 Å². The standard InChI is InChI=1S/C13H24N4O2S/c1-3-7-14-13(12-9-15-17-16-12)10-5-4-6-11(8-10)20(2,18)19/h9-11,13-14H,3-8H2,1-2H3,(H,15,16,17). The van der Waals surface area contributed by atoms with Gasteiger partial charge in [-0.1, -0.05) is 13.3 Å². The molecular weight excluding hydrogens is 276 g/mol. The molecule has 1 saturated carbocycles. The summed E-state index contributed by atoms with van der Waals surface area (Å²) in [5.74, 6) is 0.306. The summed E-state index contributed by atoms with van der Waals surface area (Å²) in [6.45, 7) is 3.02. The predicted molar refractivity (Wildman–Crippen MR) is 78.0 cm³/mol. The van der Waals surface area contributed by atoms with Crippen LogP contribution in [0.2, 0.25) is 0 Å². The fourth-order valence-electron chi connectivity index (χ4n) is 3.05. The lowest BCUT2D eigenvalue weighted by Crippen LogP contribution is -2.36. The fraction of sp³-hybridized carbons (Fsp3) is 0.846. The van der Waals surface area contributed by atoms with Crippen LogP contribution in [0.1, 0.15) is 50.8 Å². The van der Waals surface area contributed by atoms with Gasteiger partial charge in [-0.3, -0.25) is 0 Å². The molecule has 1 heterocycles. The van der Waals surface area contributed by atoms with Crippen LogP contribution in [0, 0.1) is 5.92 Å². The number of aromatic nitrogens is 3. The summed E-state index contributed by atoms with van der Waals surface area (Å²) in [5.41, 5.74) is 0.887. The molecule has 1 aromatic rings. The van der Waals surface area contributed by atoms with Gasteiger partial charge in [-0.2, -0.15) is 15.4 Å². The molecule has 0 spiro atoms. The van der Waals surface area contributed by atoms with E-state index >= 15 is 0 Å². The maximum Gasteiger partial charge on any atom is 0.150 e. The number of hydrogen-bond acceptors (Lipinski definition) is 5. The van der Waals surface area contributed by atoms with Crippen LogP contribution in [-0.2, 0) is 9.84 Å². The first-order valence-electron chi connectivity index (χ1n) is 7.30. The maximum atomic E-state index is 11.8. The molecule has 3 unspecified atom stereocenters. The van der Waals surface area contributed by atoms with Gasteiger partial charge in [-0.15, -0.1) is 0 Å². The number of nitrogens with one attached hydrogen (secondary N) is 2. The molecule has 0 aromatic carbocycles. The van der Waals surface area contributed by atoms with Gasteiger partial charge in [-0.05, 0) is 38.1 Å². The van der Waals surface area contributed by atoms with E-state index in [4.69, 9.17) is 0 Å². The lowest BCUT2D eigenvalue weighted by atomic mass is 9.82. The third-order valence-corrected chi connectivity index (χ3v) is 5.75. The summed E-state index contributed by atoms with van der Waals surface area (Å²) in [6.07, 6.45) is 7.63. The molecule has 0 bridgehead atoms. The van der Waals surface area contributed by atoms with Crippen LogP contribution in [0.3, 0.4) is 0 Å². The van der Waals surface area contributed by atoms with Gasteiger partial charge in [0.1, 0.15) is 9.84 Å². The zero-order chi connectivity index (χ0) is 14.6. The van der Waals surface area contributed by atoms with E-state index in [9.17, 15) is 8.42 Å². The number of rotatable bonds is 6. The molecule has 20 heavy (non-hydrogen) atoms. The second-order valence-corrected chi connectivity index (χ2v) is 8.03. The van der Waals surface area contributed by atoms with Crippen molar-refractivity contribution in [2.24, 2.45) is 5.92 Å². The molecule has 3 atom stereocenters. The number of nitrogens with zero attached hydrogens (tertiary/aromatic N) is 2. The van der Waals surface area contributed by atoms with Crippen molar-refractivity contribution < 1.29 is 8.42 Å². The van der Waals surface area contributed by atoms with E-state index in [0.717, 1.165) is 37.9 Å². The Morgan fingerprint density at radius 3 is 2.90 bits per heavy atom. The van der Waals surface area contributed by atoms with Gasteiger partial charge in [0.2, 0.25) is 0 Å². The van der Waals surface area contributed by atoms with Crippen molar-refractivity contribution in [2.75, 3.05) is 12.8 Å². The average Bonchev–Trinajstić information content (AvgIpc) is 2.92. The lowest BCUT2D eigenvalue weighted by molar-refractivity contribution is 0.269. The molecule has 1 aromatic heterocycles. The number of hydrogen-bond donors (Lipinski definition) is 2. The molecule has 0 saturated heterocycles. The highest BCUT2D eigenvalue weighted by atomic mass is 32.2. The van der Waals surface area contributed by atoms with Gasteiger partial charge in [-0.25, -0.2) is 8.42 Å². The van der Waals surface area contributed by atoms with Crippen LogP contribution >= 0.6 is 0 Å². The first-order valence-corrected chi connectivity index (χ1v) is 9.25. The zero-order valence-electron chi connectivity index (χ0n) is 12.2. The fourth-order valence-corrected chi connectivity index (χ4v) is 4.24. The van der Waals surface area contributed by atoms with E-state index in [-0.39, 0.29) is 11.3 Å². The number of aromatic amines is 1. The topological polar surface area (TPSA) is 87.7 Å². The third-order valence-electron chi connectivity index (χ3n) is 4.11. The van der Waals surface area contributed by atoms with Crippen molar-refractivity contribution in [3.05, 3.63) is 11.9 Å². The van der Waals surface area contributed by atoms with E-state index in [1.165, 1.54) is 6.26 Å². The van der Waals surface area contributed by atoms with Crippen molar-refractivity contribution in [3.63, 3.8) is 0 Å². The minimum Gasteiger partial charge on any atom is -0.308 e. The van der Waals surface area contributed by atoms with Crippen molar-refractivity contribution in [1.29, 1.82) is 0 Å². The van der Waals surface area contributed by atoms with Crippen LogP contribution in [0.4, 0.5) is 0 Å². The smallest absolute Gasteiger partial charge is 0.150 e. The van der Waals surface area contributed by atoms with Crippen molar-refractivity contribution >= 4 is 9.84 Å². The lowest BCUT2D eigenvalue weighted by Gasteiger charge is -2.33. The van der Waals surface area contributed by atoms with Crippen molar-refractivity contribution in [3.8, 4) is 0 Å². The van der Waals surface area contributed by atoms with E-state index in [2.05, 4.69) is 27.7 Å². The largest absolute Gasteiger partial charge is 0.308 e. The highest BCUT2D eigenvalue weighted by Gasteiger charge is 2.34. The molecule has 1 aliphatic carbocycles. The Morgan fingerprint density at radius 2 is 2.30 bits per heavy atom. The van der Waals surface area contributed by atoms with Gasteiger partial charge in [0.25, 0.3) is 0 Å². The summed E-state index contributed by atoms with van der Waals surface area (Å²) in [7, 11) is -2.95. The van der Waals surface area contributed by atoms with Gasteiger partial charge >= 0.3 is 0 Å². The summed E-state index contributed by atoms with van der Waals surface area (Å²) < 4.78 is 23.6. The Bertz CT molecular complexity index is 500. The Kier molecular flexibility index (Phi) is 5.15. The highest BCUT2D eigenvalue weighted by molar-refractivity contribution is 7.91. The SMILES string of the molecule is CCCNC(c1cn[nH]n1)C1CCCC(S(C)(=O)=O)C1. The minimum atomic E-state index is -2.95. The first kappa shape index (κ1) is 15.4.